The maximum atomic E-state index is 12.7. The lowest BCUT2D eigenvalue weighted by Crippen LogP contribution is -2.25. The molecular formula is C9H11FN2O2S. The van der Waals surface area contributed by atoms with Gasteiger partial charge in [0.2, 0.25) is 0 Å². The maximum absolute atomic E-state index is 12.7. The summed E-state index contributed by atoms with van der Waals surface area (Å²) in [7, 11) is -1.84. The van der Waals surface area contributed by atoms with Gasteiger partial charge in [0.05, 0.1) is 6.04 Å². The number of nitrogens with zero attached hydrogens (tertiary/aromatic N) is 1. The molecule has 1 aromatic rings. The largest absolute Gasteiger partial charge is 0.279 e. The second kappa shape index (κ2) is 3.55. The molecule has 1 heterocycles. The SMILES string of the molecule is CN1C[C@H](c2ccc(F)cc2)NS1(=O)=O. The second-order valence-corrected chi connectivity index (χ2v) is 5.32. The van der Waals surface area contributed by atoms with Crippen molar-refractivity contribution in [1.29, 1.82) is 0 Å². The summed E-state index contributed by atoms with van der Waals surface area (Å²) in [6.45, 7) is 0.369. The van der Waals surface area contributed by atoms with Gasteiger partial charge < -0.3 is 0 Å². The first-order valence-electron chi connectivity index (χ1n) is 4.48. The van der Waals surface area contributed by atoms with Gasteiger partial charge in [-0.25, -0.2) is 4.39 Å². The minimum Gasteiger partial charge on any atom is -0.207 e. The number of nitrogens with one attached hydrogen (secondary N) is 1. The number of hydrogen-bond acceptors (Lipinski definition) is 2. The molecule has 1 aromatic carbocycles. The quantitative estimate of drug-likeness (QED) is 0.770. The number of likely N-dealkylation sites (N-methyl/N-ethyl adjacent to an activating group) is 1. The number of hydrogen-bond donors (Lipinski definition) is 1. The summed E-state index contributed by atoms with van der Waals surface area (Å²) in [5, 5.41) is 0. The van der Waals surface area contributed by atoms with E-state index in [0.29, 0.717) is 6.54 Å². The number of benzene rings is 1. The van der Waals surface area contributed by atoms with E-state index >= 15 is 0 Å². The molecule has 1 N–H and O–H groups in total. The van der Waals surface area contributed by atoms with Gasteiger partial charge in [-0.05, 0) is 17.7 Å². The van der Waals surface area contributed by atoms with E-state index in [9.17, 15) is 12.8 Å². The molecule has 1 aliphatic rings. The highest BCUT2D eigenvalue weighted by molar-refractivity contribution is 7.87. The Labute approximate surface area is 87.9 Å². The van der Waals surface area contributed by atoms with Crippen molar-refractivity contribution in [3.8, 4) is 0 Å². The Hall–Kier alpha value is -0.980. The number of rotatable bonds is 1. The molecule has 2 rings (SSSR count). The molecular weight excluding hydrogens is 219 g/mol. The van der Waals surface area contributed by atoms with E-state index in [2.05, 4.69) is 4.72 Å². The topological polar surface area (TPSA) is 49.4 Å². The predicted octanol–water partition coefficient (Wildman–Crippen LogP) is 0.647. The van der Waals surface area contributed by atoms with Gasteiger partial charge in [0.15, 0.2) is 0 Å². The first-order valence-corrected chi connectivity index (χ1v) is 5.92. The fourth-order valence-corrected chi connectivity index (χ4v) is 2.63. The molecule has 0 bridgehead atoms. The van der Waals surface area contributed by atoms with Crippen molar-refractivity contribution in [2.24, 2.45) is 0 Å². The molecule has 82 valence electrons. The smallest absolute Gasteiger partial charge is 0.207 e. The highest BCUT2D eigenvalue weighted by Crippen LogP contribution is 2.22. The van der Waals surface area contributed by atoms with Crippen molar-refractivity contribution in [1.82, 2.24) is 9.03 Å². The van der Waals surface area contributed by atoms with Gasteiger partial charge in [-0.1, -0.05) is 12.1 Å². The zero-order chi connectivity index (χ0) is 11.1. The standard InChI is InChI=1S/C9H11FN2O2S/c1-12-6-9(11-15(12,13)14)7-2-4-8(10)5-3-7/h2-5,9,11H,6H2,1H3/t9-/m1/s1. The summed E-state index contributed by atoms with van der Waals surface area (Å²) >= 11 is 0. The van der Waals surface area contributed by atoms with Crippen LogP contribution in [0.25, 0.3) is 0 Å². The molecule has 4 nitrogen and oxygen atoms in total. The molecule has 0 radical (unpaired) electrons. The second-order valence-electron chi connectivity index (χ2n) is 3.51. The van der Waals surface area contributed by atoms with Crippen LogP contribution in [-0.4, -0.2) is 26.3 Å². The summed E-state index contributed by atoms with van der Waals surface area (Å²) in [5.74, 6) is -0.326. The lowest BCUT2D eigenvalue weighted by atomic mass is 10.1. The van der Waals surface area contributed by atoms with Crippen molar-refractivity contribution in [2.75, 3.05) is 13.6 Å². The van der Waals surface area contributed by atoms with Crippen LogP contribution in [0, 0.1) is 5.82 Å². The van der Waals surface area contributed by atoms with Gasteiger partial charge in [-0.15, -0.1) is 0 Å². The molecule has 0 saturated carbocycles. The molecule has 0 aliphatic carbocycles. The van der Waals surface area contributed by atoms with E-state index in [0.717, 1.165) is 5.56 Å². The van der Waals surface area contributed by atoms with Crippen LogP contribution in [0.1, 0.15) is 11.6 Å². The first kappa shape index (κ1) is 10.5. The third kappa shape index (κ3) is 2.01. The van der Waals surface area contributed by atoms with Crippen molar-refractivity contribution in [3.05, 3.63) is 35.6 Å². The Morgan fingerprint density at radius 3 is 2.47 bits per heavy atom. The Bertz CT molecular complexity index is 458. The molecule has 15 heavy (non-hydrogen) atoms. The Morgan fingerprint density at radius 1 is 1.40 bits per heavy atom. The van der Waals surface area contributed by atoms with Crippen molar-refractivity contribution < 1.29 is 12.8 Å². The Balaban J connectivity index is 2.25. The zero-order valence-electron chi connectivity index (χ0n) is 8.14. The van der Waals surface area contributed by atoms with Gasteiger partial charge in [0.25, 0.3) is 10.2 Å². The maximum Gasteiger partial charge on any atom is 0.279 e. The van der Waals surface area contributed by atoms with Crippen molar-refractivity contribution in [2.45, 2.75) is 6.04 Å². The minimum absolute atomic E-state index is 0.291. The third-order valence-corrected chi connectivity index (χ3v) is 3.97. The summed E-state index contributed by atoms with van der Waals surface area (Å²) in [4.78, 5) is 0. The highest BCUT2D eigenvalue weighted by Gasteiger charge is 2.32. The Kier molecular flexibility index (Phi) is 2.49. The molecule has 1 fully saturated rings. The van der Waals surface area contributed by atoms with Crippen LogP contribution >= 0.6 is 0 Å². The molecule has 1 aliphatic heterocycles. The van der Waals surface area contributed by atoms with Gasteiger partial charge in [-0.3, -0.25) is 0 Å². The van der Waals surface area contributed by atoms with E-state index in [-0.39, 0.29) is 11.9 Å². The molecule has 0 aromatic heterocycles. The fraction of sp³-hybridized carbons (Fsp3) is 0.333. The minimum atomic E-state index is -3.34. The monoisotopic (exact) mass is 230 g/mol. The van der Waals surface area contributed by atoms with Gasteiger partial charge in [0, 0.05) is 13.6 Å². The summed E-state index contributed by atoms with van der Waals surface area (Å²) < 4.78 is 39.1. The lowest BCUT2D eigenvalue weighted by molar-refractivity contribution is 0.494. The average molecular weight is 230 g/mol. The predicted molar refractivity (Wildman–Crippen MR) is 53.8 cm³/mol. The van der Waals surface area contributed by atoms with Gasteiger partial charge in [-0.2, -0.15) is 17.4 Å². The van der Waals surface area contributed by atoms with Crippen LogP contribution in [0.5, 0.6) is 0 Å². The molecule has 1 saturated heterocycles. The van der Waals surface area contributed by atoms with Crippen LogP contribution in [-0.2, 0) is 10.2 Å². The Morgan fingerprint density at radius 2 is 2.00 bits per heavy atom. The summed E-state index contributed by atoms with van der Waals surface area (Å²) in [5.41, 5.74) is 0.768. The van der Waals surface area contributed by atoms with Crippen molar-refractivity contribution in [3.63, 3.8) is 0 Å². The normalized spacial score (nSPS) is 25.6. The molecule has 1 atom stereocenters. The number of halogens is 1. The van der Waals surface area contributed by atoms with E-state index in [4.69, 9.17) is 0 Å². The van der Waals surface area contributed by atoms with E-state index in [1.807, 2.05) is 0 Å². The highest BCUT2D eigenvalue weighted by atomic mass is 32.2. The van der Waals surface area contributed by atoms with Crippen LogP contribution < -0.4 is 4.72 Å². The van der Waals surface area contributed by atoms with Crippen LogP contribution in [0.15, 0.2) is 24.3 Å². The van der Waals surface area contributed by atoms with Gasteiger partial charge >= 0.3 is 0 Å². The summed E-state index contributed by atoms with van der Waals surface area (Å²) in [6, 6.07) is 5.52. The van der Waals surface area contributed by atoms with Crippen LogP contribution in [0.2, 0.25) is 0 Å². The van der Waals surface area contributed by atoms with Gasteiger partial charge in [0.1, 0.15) is 5.82 Å². The van der Waals surface area contributed by atoms with Crippen LogP contribution in [0.4, 0.5) is 4.39 Å². The molecule has 0 amide bonds. The van der Waals surface area contributed by atoms with E-state index in [1.165, 1.54) is 23.5 Å². The molecule has 0 spiro atoms. The molecule has 6 heteroatoms. The zero-order valence-corrected chi connectivity index (χ0v) is 8.96. The fourth-order valence-electron chi connectivity index (χ4n) is 1.53. The van der Waals surface area contributed by atoms with E-state index < -0.39 is 10.2 Å². The van der Waals surface area contributed by atoms with Crippen molar-refractivity contribution >= 4 is 10.2 Å². The molecule has 0 unspecified atom stereocenters. The lowest BCUT2D eigenvalue weighted by Gasteiger charge is -2.07. The first-order chi connectivity index (χ1) is 6.99. The summed E-state index contributed by atoms with van der Waals surface area (Å²) in [6.07, 6.45) is 0. The average Bonchev–Trinajstić information content (AvgIpc) is 2.42. The van der Waals surface area contributed by atoms with Crippen LogP contribution in [0.3, 0.4) is 0 Å². The third-order valence-electron chi connectivity index (χ3n) is 2.41. The van der Waals surface area contributed by atoms with E-state index in [1.54, 1.807) is 12.1 Å².